The molecule has 2 aromatic rings. The first kappa shape index (κ1) is 24.4. The number of anilines is 1. The van der Waals surface area contributed by atoms with Crippen molar-refractivity contribution < 1.29 is 23.9 Å². The van der Waals surface area contributed by atoms with Crippen LogP contribution < -0.4 is 10.6 Å². The number of imide groups is 1. The first-order valence-electron chi connectivity index (χ1n) is 11.7. The van der Waals surface area contributed by atoms with Gasteiger partial charge >= 0.3 is 12.0 Å². The number of carbonyl (C=O) groups excluding carboxylic acids is 4. The Kier molecular flexibility index (Phi) is 6.40. The molecule has 1 spiro atoms. The van der Waals surface area contributed by atoms with Crippen LogP contribution >= 0.6 is 0 Å². The molecular formula is C25H31N5O5. The minimum Gasteiger partial charge on any atom is -0.454 e. The number of nitrogens with one attached hydrogen (secondary N) is 2. The fraction of sp³-hybridized carbons (Fsp3) is 0.480. The number of urea groups is 1. The van der Waals surface area contributed by atoms with E-state index >= 15 is 0 Å². The molecule has 2 aliphatic rings. The molecule has 1 aliphatic carbocycles. The standard InChI is InChI=1S/C25H31N5O5/c1-16-11-24(3,4)15-25(12-16)22(33)29(23(34)27-25)13-21(32)35-14-20(31)26-19-10-17(2)28-30(19)18-8-6-5-7-9-18/h5-10,16H,11-15H2,1-4H3,(H,26,31)(H,27,34)/t16-,25+/m1/s1. The van der Waals surface area contributed by atoms with Crippen molar-refractivity contribution in [2.75, 3.05) is 18.5 Å². The molecule has 0 unspecified atom stereocenters. The number of rotatable bonds is 6. The highest BCUT2D eigenvalue weighted by Gasteiger charge is 2.56. The number of aromatic nitrogens is 2. The molecule has 10 heteroatoms. The van der Waals surface area contributed by atoms with Gasteiger partial charge in [-0.25, -0.2) is 9.48 Å². The van der Waals surface area contributed by atoms with Gasteiger partial charge in [-0.3, -0.25) is 19.3 Å². The Balaban J connectivity index is 1.34. The zero-order valence-electron chi connectivity index (χ0n) is 20.5. The smallest absolute Gasteiger partial charge is 0.326 e. The molecule has 186 valence electrons. The van der Waals surface area contributed by atoms with Gasteiger partial charge < -0.3 is 15.4 Å². The Labute approximate surface area is 204 Å². The van der Waals surface area contributed by atoms with Crippen molar-refractivity contribution in [1.29, 1.82) is 0 Å². The molecular weight excluding hydrogens is 450 g/mol. The van der Waals surface area contributed by atoms with E-state index in [0.717, 1.165) is 17.0 Å². The Morgan fingerprint density at radius 2 is 1.91 bits per heavy atom. The molecule has 0 radical (unpaired) electrons. The fourth-order valence-corrected chi connectivity index (χ4v) is 5.50. The van der Waals surface area contributed by atoms with Crippen molar-refractivity contribution in [3.8, 4) is 5.69 Å². The SMILES string of the molecule is Cc1cc(NC(=O)COC(=O)CN2C(=O)N[C@]3(C[C@H](C)CC(C)(C)C3)C2=O)n(-c2ccccc2)n1. The summed E-state index contributed by atoms with van der Waals surface area (Å²) in [6.45, 7) is 6.90. The lowest BCUT2D eigenvalue weighted by molar-refractivity contribution is -0.150. The van der Waals surface area contributed by atoms with Gasteiger partial charge in [-0.1, -0.05) is 39.0 Å². The molecule has 1 aromatic carbocycles. The Morgan fingerprint density at radius 3 is 2.60 bits per heavy atom. The second-order valence-corrected chi connectivity index (χ2v) is 10.4. The van der Waals surface area contributed by atoms with Gasteiger partial charge in [0.15, 0.2) is 6.61 Å². The minimum absolute atomic E-state index is 0.111. The average molecular weight is 482 g/mol. The summed E-state index contributed by atoms with van der Waals surface area (Å²) in [5, 5.41) is 9.88. The molecule has 2 atom stereocenters. The van der Waals surface area contributed by atoms with Crippen molar-refractivity contribution in [2.24, 2.45) is 11.3 Å². The molecule has 2 N–H and O–H groups in total. The lowest BCUT2D eigenvalue weighted by Crippen LogP contribution is -2.54. The molecule has 1 saturated carbocycles. The molecule has 2 fully saturated rings. The topological polar surface area (TPSA) is 123 Å². The number of hydrogen-bond donors (Lipinski definition) is 2. The third kappa shape index (κ3) is 5.21. The fourth-order valence-electron chi connectivity index (χ4n) is 5.50. The van der Waals surface area contributed by atoms with Crippen molar-refractivity contribution >= 4 is 29.6 Å². The maximum absolute atomic E-state index is 13.2. The van der Waals surface area contributed by atoms with Crippen LogP contribution in [0, 0.1) is 18.3 Å². The zero-order chi connectivity index (χ0) is 25.4. The third-order valence-corrected chi connectivity index (χ3v) is 6.38. The van der Waals surface area contributed by atoms with Crippen LogP contribution in [0.2, 0.25) is 0 Å². The highest BCUT2D eigenvalue weighted by Crippen LogP contribution is 2.46. The monoisotopic (exact) mass is 481 g/mol. The van der Waals surface area contributed by atoms with Crippen LogP contribution in [-0.2, 0) is 19.1 Å². The quantitative estimate of drug-likeness (QED) is 0.483. The number of benzene rings is 1. The summed E-state index contributed by atoms with van der Waals surface area (Å²) in [7, 11) is 0. The molecule has 10 nitrogen and oxygen atoms in total. The van der Waals surface area contributed by atoms with Crippen molar-refractivity contribution in [2.45, 2.75) is 52.5 Å². The first-order chi connectivity index (χ1) is 16.5. The van der Waals surface area contributed by atoms with Gasteiger partial charge in [0.2, 0.25) is 0 Å². The number of ether oxygens (including phenoxy) is 1. The molecule has 0 bridgehead atoms. The molecule has 1 saturated heterocycles. The summed E-state index contributed by atoms with van der Waals surface area (Å²) < 4.78 is 6.65. The van der Waals surface area contributed by atoms with E-state index in [2.05, 4.69) is 36.5 Å². The highest BCUT2D eigenvalue weighted by atomic mass is 16.5. The number of nitrogens with zero attached hydrogens (tertiary/aromatic N) is 3. The third-order valence-electron chi connectivity index (χ3n) is 6.38. The zero-order valence-corrected chi connectivity index (χ0v) is 20.5. The maximum Gasteiger partial charge on any atom is 0.326 e. The molecule has 35 heavy (non-hydrogen) atoms. The van der Waals surface area contributed by atoms with Crippen LogP contribution in [0.25, 0.3) is 5.69 Å². The van der Waals surface area contributed by atoms with E-state index in [4.69, 9.17) is 4.74 Å². The summed E-state index contributed by atoms with van der Waals surface area (Å²) >= 11 is 0. The number of esters is 1. The van der Waals surface area contributed by atoms with Crippen molar-refractivity contribution in [3.63, 3.8) is 0 Å². The number of amides is 4. The van der Waals surface area contributed by atoms with Gasteiger partial charge in [0, 0.05) is 6.07 Å². The van der Waals surface area contributed by atoms with Crippen LogP contribution in [0.5, 0.6) is 0 Å². The number of carbonyl (C=O) groups is 4. The number of para-hydroxylation sites is 1. The summed E-state index contributed by atoms with van der Waals surface area (Å²) in [5.74, 6) is -1.12. The highest BCUT2D eigenvalue weighted by molar-refractivity contribution is 6.09. The van der Waals surface area contributed by atoms with E-state index in [-0.39, 0.29) is 11.3 Å². The number of aryl methyl sites for hydroxylation is 1. The van der Waals surface area contributed by atoms with E-state index in [1.807, 2.05) is 30.3 Å². The molecule has 2 heterocycles. The van der Waals surface area contributed by atoms with Gasteiger partial charge in [0.05, 0.1) is 11.4 Å². The first-order valence-corrected chi connectivity index (χ1v) is 11.7. The van der Waals surface area contributed by atoms with Crippen LogP contribution in [0.15, 0.2) is 36.4 Å². The summed E-state index contributed by atoms with van der Waals surface area (Å²) in [6, 6.07) is 10.4. The Hall–Kier alpha value is -3.69. The van der Waals surface area contributed by atoms with E-state index in [1.165, 1.54) is 0 Å². The summed E-state index contributed by atoms with van der Waals surface area (Å²) in [4.78, 5) is 51.5. The normalized spacial score (nSPS) is 23.3. The molecule has 1 aromatic heterocycles. The van der Waals surface area contributed by atoms with Gasteiger partial charge in [-0.05, 0) is 49.7 Å². The van der Waals surface area contributed by atoms with E-state index in [1.54, 1.807) is 17.7 Å². The molecule has 4 rings (SSSR count). The lowest BCUT2D eigenvalue weighted by atomic mass is 9.64. The second-order valence-electron chi connectivity index (χ2n) is 10.4. The van der Waals surface area contributed by atoms with Gasteiger partial charge in [-0.2, -0.15) is 5.10 Å². The van der Waals surface area contributed by atoms with Gasteiger partial charge in [-0.15, -0.1) is 0 Å². The lowest BCUT2D eigenvalue weighted by Gasteiger charge is -2.43. The Morgan fingerprint density at radius 1 is 1.20 bits per heavy atom. The summed E-state index contributed by atoms with van der Waals surface area (Å²) in [5.41, 5.74) is 0.359. The predicted octanol–water partition coefficient (Wildman–Crippen LogP) is 2.80. The Bertz CT molecular complexity index is 1160. The van der Waals surface area contributed by atoms with Crippen molar-refractivity contribution in [1.82, 2.24) is 20.0 Å². The molecule has 4 amide bonds. The van der Waals surface area contributed by atoms with Crippen LogP contribution in [-0.4, -0.2) is 57.2 Å². The van der Waals surface area contributed by atoms with Gasteiger partial charge in [0.25, 0.3) is 11.8 Å². The summed E-state index contributed by atoms with van der Waals surface area (Å²) in [6.07, 6.45) is 2.00. The molecule has 1 aliphatic heterocycles. The van der Waals surface area contributed by atoms with Gasteiger partial charge in [0.1, 0.15) is 17.9 Å². The van der Waals surface area contributed by atoms with Crippen LogP contribution in [0.1, 0.15) is 45.7 Å². The van der Waals surface area contributed by atoms with Crippen LogP contribution in [0.3, 0.4) is 0 Å². The van der Waals surface area contributed by atoms with E-state index < -0.39 is 42.5 Å². The van der Waals surface area contributed by atoms with Crippen molar-refractivity contribution in [3.05, 3.63) is 42.1 Å². The second kappa shape index (κ2) is 9.16. The number of hydrogen-bond acceptors (Lipinski definition) is 6. The van der Waals surface area contributed by atoms with Crippen LogP contribution in [0.4, 0.5) is 10.6 Å². The van der Waals surface area contributed by atoms with E-state index in [9.17, 15) is 19.2 Å². The minimum atomic E-state index is -0.996. The van der Waals surface area contributed by atoms with E-state index in [0.29, 0.717) is 24.4 Å². The average Bonchev–Trinajstić information content (AvgIpc) is 3.23. The largest absolute Gasteiger partial charge is 0.454 e. The maximum atomic E-state index is 13.2. The predicted molar refractivity (Wildman–Crippen MR) is 128 cm³/mol.